The second kappa shape index (κ2) is 34.3. The molecule has 13 heteroatoms. The van der Waals surface area contributed by atoms with Crippen molar-refractivity contribution in [3.05, 3.63) is 109 Å². The number of unbranched alkanes of at least 4 members (excludes halogenated alkanes) is 12. The summed E-state index contributed by atoms with van der Waals surface area (Å²) < 4.78 is 14.8. The van der Waals surface area contributed by atoms with E-state index in [1.807, 2.05) is 24.5 Å². The molecular formula is C52H71N5O7Ru. The molecule has 12 nitrogen and oxygen atoms in total. The predicted octanol–water partition coefficient (Wildman–Crippen LogP) is 11.9. The van der Waals surface area contributed by atoms with Gasteiger partial charge in [0, 0.05) is 62.1 Å². The molecule has 0 aliphatic rings. The van der Waals surface area contributed by atoms with Gasteiger partial charge in [-0.3, -0.25) is 24.5 Å². The number of hydrogen-bond donors (Lipinski definition) is 2. The van der Waals surface area contributed by atoms with Crippen molar-refractivity contribution in [1.29, 1.82) is 0 Å². The van der Waals surface area contributed by atoms with Gasteiger partial charge in [-0.15, -0.1) is 0 Å². The summed E-state index contributed by atoms with van der Waals surface area (Å²) in [6, 6.07) is 23.2. The maximum absolute atomic E-state index is 10.2. The Morgan fingerprint density at radius 1 is 0.538 bits per heavy atom. The minimum absolute atomic E-state index is 0. The summed E-state index contributed by atoms with van der Waals surface area (Å²) in [4.78, 5) is 40.5. The van der Waals surface area contributed by atoms with Crippen LogP contribution in [0.3, 0.4) is 0 Å². The van der Waals surface area contributed by atoms with Gasteiger partial charge in [0.25, 0.3) is 12.9 Å². The molecule has 0 saturated heterocycles. The zero-order chi connectivity index (χ0) is 46.2. The second-order valence-corrected chi connectivity index (χ2v) is 15.9. The van der Waals surface area contributed by atoms with E-state index in [1.165, 1.54) is 113 Å². The third-order valence-corrected chi connectivity index (χ3v) is 10.3. The summed E-state index contributed by atoms with van der Waals surface area (Å²) in [5, 5.41) is 17.1. The molecule has 0 saturated carbocycles. The maximum atomic E-state index is 10.2. The number of carbonyl (C=O) groups excluding carboxylic acids is 2. The number of rotatable bonds is 27. The summed E-state index contributed by atoms with van der Waals surface area (Å²) in [5.74, 6) is 3.40. The van der Waals surface area contributed by atoms with Crippen LogP contribution in [0.25, 0.3) is 11.4 Å². The molecule has 1 aromatic carbocycles. The van der Waals surface area contributed by atoms with E-state index < -0.39 is 0 Å². The number of aliphatic hydroxyl groups is 2. The first-order chi connectivity index (χ1) is 31.2. The molecule has 5 aromatic rings. The normalized spacial score (nSPS) is 11.3. The number of hydrogen-bond acceptors (Lipinski definition) is 12. The van der Waals surface area contributed by atoms with Crippen LogP contribution in [0.1, 0.15) is 135 Å². The fraction of sp³-hybridized carbons (Fsp3) is 0.462. The molecule has 2 unspecified atom stereocenters. The molecule has 65 heavy (non-hydrogen) atoms. The fourth-order valence-corrected chi connectivity index (χ4v) is 7.02. The van der Waals surface area contributed by atoms with E-state index in [1.54, 1.807) is 45.2 Å². The molecule has 5 rings (SSSR count). The molecule has 0 bridgehead atoms. The van der Waals surface area contributed by atoms with E-state index in [2.05, 4.69) is 65.1 Å². The van der Waals surface area contributed by atoms with E-state index in [0.29, 0.717) is 42.3 Å². The second-order valence-electron chi connectivity index (χ2n) is 15.9. The van der Waals surface area contributed by atoms with Crippen LogP contribution in [0.15, 0.2) is 97.6 Å². The number of pyridine rings is 4. The van der Waals surface area contributed by atoms with Gasteiger partial charge < -0.3 is 24.4 Å². The van der Waals surface area contributed by atoms with Crippen LogP contribution in [-0.2, 0) is 41.9 Å². The Balaban J connectivity index is 0.000000459. The van der Waals surface area contributed by atoms with Crippen molar-refractivity contribution < 1.29 is 53.5 Å². The first kappa shape index (κ1) is 56.0. The number of aliphatic hydroxyl groups excluding tert-OH is 2. The Kier molecular flexibility index (Phi) is 29.6. The smallest absolute Gasteiger partial charge is 0.298 e. The zero-order valence-corrected chi connectivity index (χ0v) is 40.8. The van der Waals surface area contributed by atoms with E-state index >= 15 is 0 Å². The van der Waals surface area contributed by atoms with Gasteiger partial charge in [-0.05, 0) is 118 Å². The van der Waals surface area contributed by atoms with Gasteiger partial charge in [-0.25, -0.2) is 9.97 Å². The van der Waals surface area contributed by atoms with E-state index in [4.69, 9.17) is 34.4 Å². The van der Waals surface area contributed by atoms with Gasteiger partial charge in [0.15, 0.2) is 0 Å². The third kappa shape index (κ3) is 23.1. The van der Waals surface area contributed by atoms with Crippen LogP contribution < -0.4 is 19.1 Å². The standard InChI is InChI=1S/C35H51N3O.C12H8N2O4.C5H12O2.Ru/c1-4-6-8-10-12-14-16-18-30-24-26-36-34(28-30)38(32-20-22-33(39-3)23-21-32)35-29-31(25-27-37-35)19-17-15-13-11-9-7-5-2;15-7-17-9-1-3-13-11(5-9)12-6-10(18-8-16)2-4-14-12;1-4(6)3-5(2)7;/h20-29H,4-19H2,1-3H3;1-8H;4-7H,3H2,1-2H3;. The van der Waals surface area contributed by atoms with Crippen LogP contribution in [0.4, 0.5) is 17.3 Å². The van der Waals surface area contributed by atoms with Gasteiger partial charge in [0.05, 0.1) is 30.7 Å². The fourth-order valence-electron chi connectivity index (χ4n) is 7.02. The molecule has 0 fully saturated rings. The summed E-state index contributed by atoms with van der Waals surface area (Å²) in [5.41, 5.74) is 4.73. The van der Waals surface area contributed by atoms with Gasteiger partial charge >= 0.3 is 0 Å². The van der Waals surface area contributed by atoms with Crippen molar-refractivity contribution in [2.75, 3.05) is 12.0 Å². The third-order valence-electron chi connectivity index (χ3n) is 10.3. The maximum Gasteiger partial charge on any atom is 0.298 e. The number of methoxy groups -OCH3 is 1. The average Bonchev–Trinajstić information content (AvgIpc) is 3.29. The van der Waals surface area contributed by atoms with Gasteiger partial charge in [0.1, 0.15) is 28.9 Å². The van der Waals surface area contributed by atoms with Gasteiger partial charge in [-0.1, -0.05) is 90.9 Å². The number of aromatic nitrogens is 4. The van der Waals surface area contributed by atoms with E-state index in [9.17, 15) is 9.59 Å². The topological polar surface area (TPSA) is 157 Å². The molecule has 0 aliphatic carbocycles. The van der Waals surface area contributed by atoms with Crippen LogP contribution in [0.5, 0.6) is 17.2 Å². The predicted molar refractivity (Wildman–Crippen MR) is 255 cm³/mol. The molecule has 4 heterocycles. The summed E-state index contributed by atoms with van der Waals surface area (Å²) in [6.07, 6.45) is 27.3. The van der Waals surface area contributed by atoms with E-state index in [0.717, 1.165) is 35.9 Å². The molecule has 0 aliphatic heterocycles. The van der Waals surface area contributed by atoms with Crippen LogP contribution in [0.2, 0.25) is 0 Å². The Hall–Kier alpha value is -5.10. The minimum Gasteiger partial charge on any atom is -0.497 e. The molecule has 0 amide bonds. The first-order valence-corrected chi connectivity index (χ1v) is 23.0. The van der Waals surface area contributed by atoms with Gasteiger partial charge in [-0.2, -0.15) is 0 Å². The molecule has 0 radical (unpaired) electrons. The number of ether oxygens (including phenoxy) is 3. The quantitative estimate of drug-likeness (QED) is 0.0292. The summed E-state index contributed by atoms with van der Waals surface area (Å²) in [7, 11) is 1.70. The Morgan fingerprint density at radius 2 is 0.938 bits per heavy atom. The van der Waals surface area contributed by atoms with E-state index in [-0.39, 0.29) is 31.7 Å². The molecule has 2 N–H and O–H groups in total. The number of nitrogens with zero attached hydrogens (tertiary/aromatic N) is 5. The van der Waals surface area contributed by atoms with Gasteiger partial charge in [0.2, 0.25) is 0 Å². The van der Waals surface area contributed by atoms with Crippen molar-refractivity contribution in [3.63, 3.8) is 0 Å². The van der Waals surface area contributed by atoms with Crippen LogP contribution in [0, 0.1) is 0 Å². The van der Waals surface area contributed by atoms with Crippen molar-refractivity contribution >= 4 is 30.3 Å². The number of anilines is 3. The zero-order valence-electron chi connectivity index (χ0n) is 39.1. The number of benzene rings is 1. The molecule has 2 atom stereocenters. The largest absolute Gasteiger partial charge is 0.497 e. The van der Waals surface area contributed by atoms with Crippen molar-refractivity contribution in [3.8, 4) is 28.6 Å². The Morgan fingerprint density at radius 3 is 1.31 bits per heavy atom. The Labute approximate surface area is 400 Å². The van der Waals surface area contributed by atoms with Crippen molar-refractivity contribution in [2.24, 2.45) is 0 Å². The molecule has 4 aromatic heterocycles. The SMILES string of the molecule is CC(O)CC(C)O.CCCCCCCCCc1ccnc(N(c2ccc(OC)cc2)c2cc(CCCCCCCCC)ccn2)c1.O=COc1ccnc(-c2cc(OC=O)ccn2)c1.[Ru]. The molecular weight excluding hydrogens is 908 g/mol. The first-order valence-electron chi connectivity index (χ1n) is 23.0. The minimum atomic E-state index is -0.375. The molecule has 354 valence electrons. The summed E-state index contributed by atoms with van der Waals surface area (Å²) in [6.45, 7) is 8.54. The van der Waals surface area contributed by atoms with Crippen molar-refractivity contribution in [1.82, 2.24) is 19.9 Å². The molecule has 0 spiro atoms. The van der Waals surface area contributed by atoms with Crippen molar-refractivity contribution in [2.45, 2.75) is 149 Å². The average molecular weight is 979 g/mol. The number of aryl methyl sites for hydroxylation is 2. The van der Waals surface area contributed by atoms with Crippen LogP contribution >= 0.6 is 0 Å². The van der Waals surface area contributed by atoms with Crippen LogP contribution in [-0.4, -0.2) is 62.4 Å². The summed E-state index contributed by atoms with van der Waals surface area (Å²) >= 11 is 0. The Bertz CT molecular complexity index is 1900. The monoisotopic (exact) mass is 979 g/mol. The number of carbonyl (C=O) groups is 2.